The van der Waals surface area contributed by atoms with Gasteiger partial charge in [-0.3, -0.25) is 14.3 Å². The molecule has 202 valence electrons. The average molecular weight is 561 g/mol. The number of fused-ring (bicyclic) bond motifs is 2. The summed E-state index contributed by atoms with van der Waals surface area (Å²) < 4.78 is 72.0. The molecule has 4 aromatic rings. The van der Waals surface area contributed by atoms with Crippen LogP contribution in [0.5, 0.6) is 5.75 Å². The number of benzene rings is 2. The van der Waals surface area contributed by atoms with Crippen molar-refractivity contribution in [2.24, 2.45) is 0 Å². The molecule has 0 radical (unpaired) electrons. The number of alkyl halides is 3. The van der Waals surface area contributed by atoms with Crippen LogP contribution in [-0.2, 0) is 33.3 Å². The summed E-state index contributed by atoms with van der Waals surface area (Å²) in [5.74, 6) is -1.08. The van der Waals surface area contributed by atoms with Crippen LogP contribution < -0.4 is 20.1 Å². The molecule has 0 aliphatic carbocycles. The molecule has 0 bridgehead atoms. The molecule has 0 unspecified atom stereocenters. The van der Waals surface area contributed by atoms with E-state index in [4.69, 9.17) is 4.74 Å². The molecule has 1 aliphatic rings. The van der Waals surface area contributed by atoms with E-state index in [9.17, 15) is 31.2 Å². The molecular weight excluding hydrogens is 541 g/mol. The first kappa shape index (κ1) is 26.0. The third-order valence-electron chi connectivity index (χ3n) is 5.68. The zero-order valence-electron chi connectivity index (χ0n) is 19.8. The van der Waals surface area contributed by atoms with Crippen LogP contribution in [-0.4, -0.2) is 41.8 Å². The minimum absolute atomic E-state index is 0.00106. The van der Waals surface area contributed by atoms with Gasteiger partial charge in [0, 0.05) is 12.7 Å². The fourth-order valence-corrected chi connectivity index (χ4v) is 5.14. The summed E-state index contributed by atoms with van der Waals surface area (Å²) >= 11 is 0. The zero-order chi connectivity index (χ0) is 27.8. The molecule has 15 heteroatoms. The van der Waals surface area contributed by atoms with Crippen molar-refractivity contribution in [1.29, 1.82) is 0 Å². The Bertz CT molecular complexity index is 1700. The van der Waals surface area contributed by atoms with Crippen molar-refractivity contribution in [2.75, 3.05) is 16.6 Å². The maximum absolute atomic E-state index is 13.0. The Kier molecular flexibility index (Phi) is 6.59. The molecule has 3 heterocycles. The van der Waals surface area contributed by atoms with Crippen LogP contribution in [0, 0.1) is 0 Å². The number of ether oxygens (including phenoxy) is 1. The van der Waals surface area contributed by atoms with Gasteiger partial charge in [0.05, 0.1) is 28.2 Å². The number of amides is 2. The Balaban J connectivity index is 1.30. The van der Waals surface area contributed by atoms with Crippen molar-refractivity contribution in [2.45, 2.75) is 18.5 Å². The van der Waals surface area contributed by atoms with Gasteiger partial charge in [-0.2, -0.15) is 13.2 Å². The van der Waals surface area contributed by atoms with Gasteiger partial charge in [-0.1, -0.05) is 24.3 Å². The fourth-order valence-electron chi connectivity index (χ4n) is 3.96. The third-order valence-corrected chi connectivity index (χ3v) is 6.93. The maximum atomic E-state index is 13.0. The lowest BCUT2D eigenvalue weighted by atomic mass is 10.1. The molecule has 4 N–H and O–H groups in total. The van der Waals surface area contributed by atoms with E-state index in [2.05, 4.69) is 30.3 Å². The minimum Gasteiger partial charge on any atom is -0.482 e. The summed E-state index contributed by atoms with van der Waals surface area (Å²) in [4.78, 5) is 35.2. The van der Waals surface area contributed by atoms with E-state index in [0.29, 0.717) is 17.0 Å². The lowest BCUT2D eigenvalue weighted by Crippen LogP contribution is -2.26. The first-order valence-corrected chi connectivity index (χ1v) is 13.0. The van der Waals surface area contributed by atoms with Gasteiger partial charge in [0.2, 0.25) is 10.0 Å². The van der Waals surface area contributed by atoms with Crippen molar-refractivity contribution >= 4 is 44.2 Å². The molecule has 39 heavy (non-hydrogen) atoms. The van der Waals surface area contributed by atoms with E-state index in [1.165, 1.54) is 12.3 Å². The number of nitrogens with zero attached hydrogens (tertiary/aromatic N) is 2. The highest BCUT2D eigenvalue weighted by molar-refractivity contribution is 7.91. The average Bonchev–Trinajstić information content (AvgIpc) is 3.28. The number of sulfonamides is 1. The second-order valence-corrected chi connectivity index (χ2v) is 10.3. The number of nitrogens with one attached hydrogen (secondary N) is 4. The van der Waals surface area contributed by atoms with Gasteiger partial charge < -0.3 is 20.4 Å². The molecule has 11 nitrogen and oxygen atoms in total. The molecule has 0 atom stereocenters. The number of halogens is 3. The number of hydrogen-bond acceptors (Lipinski definition) is 7. The van der Waals surface area contributed by atoms with Gasteiger partial charge in [0.1, 0.15) is 17.6 Å². The topological polar surface area (TPSA) is 155 Å². The molecule has 5 rings (SSSR count). The van der Waals surface area contributed by atoms with Crippen LogP contribution in [0.15, 0.2) is 55.0 Å². The lowest BCUT2D eigenvalue weighted by molar-refractivity contribution is -0.137. The third kappa shape index (κ3) is 5.77. The Hall–Kier alpha value is -4.66. The van der Waals surface area contributed by atoms with Gasteiger partial charge >= 0.3 is 6.18 Å². The summed E-state index contributed by atoms with van der Waals surface area (Å²) in [5.41, 5.74) is 0.326. The van der Waals surface area contributed by atoms with Crippen molar-refractivity contribution < 1.29 is 35.9 Å². The number of rotatable bonds is 7. The number of carbonyl (C=O) groups excluding carboxylic acids is 2. The van der Waals surface area contributed by atoms with Crippen molar-refractivity contribution in [3.8, 4) is 5.75 Å². The molecule has 0 saturated heterocycles. The molecule has 0 saturated carbocycles. The number of hydrogen-bond donors (Lipinski definition) is 4. The highest BCUT2D eigenvalue weighted by Gasteiger charge is 2.31. The molecule has 0 spiro atoms. The predicted octanol–water partition coefficient (Wildman–Crippen LogP) is 3.18. The molecule has 2 aromatic carbocycles. The van der Waals surface area contributed by atoms with Gasteiger partial charge in [-0.25, -0.2) is 18.4 Å². The maximum Gasteiger partial charge on any atom is 0.416 e. The smallest absolute Gasteiger partial charge is 0.416 e. The Morgan fingerprint density at radius 1 is 1.10 bits per heavy atom. The number of anilines is 2. The highest BCUT2D eigenvalue weighted by Crippen LogP contribution is 2.31. The highest BCUT2D eigenvalue weighted by atomic mass is 32.2. The predicted molar refractivity (Wildman–Crippen MR) is 133 cm³/mol. The van der Waals surface area contributed by atoms with E-state index in [0.717, 1.165) is 24.5 Å². The van der Waals surface area contributed by atoms with Gasteiger partial charge in [0.15, 0.2) is 12.3 Å². The second kappa shape index (κ2) is 9.90. The number of aromatic amines is 1. The quantitative estimate of drug-likeness (QED) is 0.271. The molecule has 2 amide bonds. The normalized spacial score (nSPS) is 13.4. The minimum atomic E-state index is -4.61. The zero-order valence-corrected chi connectivity index (χ0v) is 20.6. The molecule has 1 aliphatic heterocycles. The fraction of sp³-hybridized carbons (Fsp3) is 0.167. The van der Waals surface area contributed by atoms with Crippen molar-refractivity contribution in [3.05, 3.63) is 77.4 Å². The first-order chi connectivity index (χ1) is 18.5. The van der Waals surface area contributed by atoms with Crippen LogP contribution in [0.25, 0.3) is 11.0 Å². The van der Waals surface area contributed by atoms with Crippen LogP contribution in [0.1, 0.15) is 27.2 Å². The summed E-state index contributed by atoms with van der Waals surface area (Å²) in [7, 11) is -4.14. The molecule has 2 aromatic heterocycles. The summed E-state index contributed by atoms with van der Waals surface area (Å²) in [6.45, 7) is 0.0109. The number of aromatic nitrogens is 3. The Morgan fingerprint density at radius 2 is 1.92 bits per heavy atom. The van der Waals surface area contributed by atoms with E-state index in [1.54, 1.807) is 18.2 Å². The van der Waals surface area contributed by atoms with Crippen molar-refractivity contribution in [3.63, 3.8) is 0 Å². The summed E-state index contributed by atoms with van der Waals surface area (Å²) in [6, 6.07) is 9.07. The van der Waals surface area contributed by atoms with Crippen LogP contribution >= 0.6 is 0 Å². The summed E-state index contributed by atoms with van der Waals surface area (Å²) in [6.07, 6.45) is -2.25. The molecule has 0 fully saturated rings. The Morgan fingerprint density at radius 3 is 2.72 bits per heavy atom. The van der Waals surface area contributed by atoms with Crippen LogP contribution in [0.3, 0.4) is 0 Å². The standard InChI is InChI=1S/C24H19F3N6O5S/c25-24(26,27)15-3-1-2-14(6-15)11-39(36,37)33-17-9-28-21-20(17)30-12-31-22(21)23(35)29-8-13-4-5-18-16(7-13)32-19(34)10-38-18/h1-7,9,12,28,33H,8,10-11H2,(H,29,35)(H,32,34). The van der Waals surface area contributed by atoms with E-state index < -0.39 is 33.4 Å². The van der Waals surface area contributed by atoms with E-state index in [1.807, 2.05) is 0 Å². The number of carbonyl (C=O) groups is 2. The Labute approximate surface area is 218 Å². The van der Waals surface area contributed by atoms with E-state index in [-0.39, 0.29) is 47.0 Å². The summed E-state index contributed by atoms with van der Waals surface area (Å²) in [5, 5.41) is 5.38. The monoisotopic (exact) mass is 560 g/mol. The second-order valence-electron chi connectivity index (χ2n) is 8.56. The molecular formula is C24H19F3N6O5S. The van der Waals surface area contributed by atoms with Gasteiger partial charge in [-0.15, -0.1) is 0 Å². The largest absolute Gasteiger partial charge is 0.482 e. The van der Waals surface area contributed by atoms with Crippen molar-refractivity contribution in [1.82, 2.24) is 20.3 Å². The van der Waals surface area contributed by atoms with Gasteiger partial charge in [0.25, 0.3) is 11.8 Å². The first-order valence-electron chi connectivity index (χ1n) is 11.3. The lowest BCUT2D eigenvalue weighted by Gasteiger charge is -2.18. The van der Waals surface area contributed by atoms with Crippen LogP contribution in [0.4, 0.5) is 24.5 Å². The number of H-pyrrole nitrogens is 1. The van der Waals surface area contributed by atoms with Gasteiger partial charge in [-0.05, 0) is 29.3 Å². The van der Waals surface area contributed by atoms with E-state index >= 15 is 0 Å². The van der Waals surface area contributed by atoms with Crippen LogP contribution in [0.2, 0.25) is 0 Å². The SMILES string of the molecule is O=C1COc2ccc(CNC(=O)c3ncnc4c(NS(=O)(=O)Cc5cccc(C(F)(F)F)c5)c[nH]c34)cc2N1.